The maximum Gasteiger partial charge on any atom is 0.267 e. The van der Waals surface area contributed by atoms with Gasteiger partial charge in [0.25, 0.3) is 5.91 Å². The van der Waals surface area contributed by atoms with Crippen molar-refractivity contribution in [2.75, 3.05) is 6.26 Å². The molecule has 32 heavy (non-hydrogen) atoms. The van der Waals surface area contributed by atoms with Gasteiger partial charge in [0.05, 0.1) is 15.9 Å². The van der Waals surface area contributed by atoms with Gasteiger partial charge in [-0.25, -0.2) is 18.9 Å². The van der Waals surface area contributed by atoms with Crippen LogP contribution in [0.15, 0.2) is 77.7 Å². The number of fused-ring (bicyclic) bond motifs is 1. The second kappa shape index (κ2) is 8.78. The fourth-order valence-electron chi connectivity index (χ4n) is 3.37. The number of rotatable bonds is 6. The molecule has 8 heteroatoms. The number of nitrogens with one attached hydrogen (secondary N) is 2. The monoisotopic (exact) mass is 447 g/mol. The van der Waals surface area contributed by atoms with Gasteiger partial charge in [0.15, 0.2) is 9.84 Å². The summed E-state index contributed by atoms with van der Waals surface area (Å²) in [5, 5.41) is 8.52. The third kappa shape index (κ3) is 4.93. The molecule has 1 amide bonds. The zero-order valence-corrected chi connectivity index (χ0v) is 18.1. The first-order valence-electron chi connectivity index (χ1n) is 9.82. The Hall–Kier alpha value is -3.75. The van der Waals surface area contributed by atoms with E-state index in [1.54, 1.807) is 35.8 Å². The van der Waals surface area contributed by atoms with Crippen molar-refractivity contribution >= 4 is 32.9 Å². The zero-order valence-electron chi connectivity index (χ0n) is 17.2. The summed E-state index contributed by atoms with van der Waals surface area (Å²) in [4.78, 5) is 19.4. The van der Waals surface area contributed by atoms with Gasteiger partial charge in [0.2, 0.25) is 0 Å². The van der Waals surface area contributed by atoms with Crippen LogP contribution in [0.25, 0.3) is 28.2 Å². The third-order valence-electron chi connectivity index (χ3n) is 5.04. The molecule has 0 aliphatic rings. The highest BCUT2D eigenvalue weighted by Crippen LogP contribution is 2.25. The van der Waals surface area contributed by atoms with Gasteiger partial charge in [-0.05, 0) is 52.6 Å². The first-order valence-corrected chi connectivity index (χ1v) is 11.7. The predicted octanol–water partition coefficient (Wildman–Crippen LogP) is 3.74. The van der Waals surface area contributed by atoms with Gasteiger partial charge in [-0.1, -0.05) is 42.5 Å². The van der Waals surface area contributed by atoms with E-state index in [0.29, 0.717) is 11.3 Å². The highest BCUT2D eigenvalue weighted by Gasteiger charge is 2.09. The van der Waals surface area contributed by atoms with E-state index in [2.05, 4.69) is 9.97 Å². The van der Waals surface area contributed by atoms with E-state index in [9.17, 15) is 13.2 Å². The van der Waals surface area contributed by atoms with Crippen LogP contribution in [-0.2, 0) is 21.1 Å². The average Bonchev–Trinajstić information content (AvgIpc) is 3.19. The number of aromatic amines is 1. The lowest BCUT2D eigenvalue weighted by Gasteiger charge is -2.03. The van der Waals surface area contributed by atoms with Crippen molar-refractivity contribution in [2.24, 2.45) is 0 Å². The molecule has 162 valence electrons. The van der Waals surface area contributed by atoms with Crippen molar-refractivity contribution in [3.8, 4) is 11.1 Å². The van der Waals surface area contributed by atoms with Gasteiger partial charge >= 0.3 is 0 Å². The van der Waals surface area contributed by atoms with Gasteiger partial charge in [-0.3, -0.25) is 10.0 Å². The molecule has 3 aromatic carbocycles. The predicted molar refractivity (Wildman–Crippen MR) is 123 cm³/mol. The van der Waals surface area contributed by atoms with Crippen LogP contribution in [0.4, 0.5) is 0 Å². The molecule has 0 saturated heterocycles. The van der Waals surface area contributed by atoms with Crippen molar-refractivity contribution in [1.29, 1.82) is 0 Å². The number of sulfone groups is 1. The van der Waals surface area contributed by atoms with Gasteiger partial charge in [-0.15, -0.1) is 0 Å². The lowest BCUT2D eigenvalue weighted by Crippen LogP contribution is -2.14. The van der Waals surface area contributed by atoms with E-state index in [1.807, 2.05) is 42.5 Å². The minimum absolute atomic E-state index is 0.296. The molecule has 0 radical (unpaired) electrons. The molecule has 0 atom stereocenters. The summed E-state index contributed by atoms with van der Waals surface area (Å²) in [6.45, 7) is 0. The average molecular weight is 448 g/mol. The largest absolute Gasteiger partial charge is 0.342 e. The molecule has 3 N–H and O–H groups in total. The zero-order chi connectivity index (χ0) is 22.7. The number of hydrogen-bond acceptors (Lipinski definition) is 5. The molecular weight excluding hydrogens is 426 g/mol. The summed E-state index contributed by atoms with van der Waals surface area (Å²) in [5.74, 6) is 0.245. The number of carbonyl (C=O) groups is 1. The molecule has 0 unspecified atom stereocenters. The molecule has 0 aliphatic heterocycles. The van der Waals surface area contributed by atoms with Crippen LogP contribution in [0, 0.1) is 0 Å². The van der Waals surface area contributed by atoms with E-state index < -0.39 is 15.7 Å². The summed E-state index contributed by atoms with van der Waals surface area (Å²) in [6, 6.07) is 20.4. The van der Waals surface area contributed by atoms with Crippen LogP contribution >= 0.6 is 0 Å². The topological polar surface area (TPSA) is 112 Å². The highest BCUT2D eigenvalue weighted by molar-refractivity contribution is 7.90. The van der Waals surface area contributed by atoms with E-state index in [1.165, 1.54) is 12.3 Å². The van der Waals surface area contributed by atoms with Crippen LogP contribution in [0.2, 0.25) is 0 Å². The van der Waals surface area contributed by atoms with Crippen molar-refractivity contribution in [3.63, 3.8) is 0 Å². The van der Waals surface area contributed by atoms with E-state index in [0.717, 1.165) is 39.1 Å². The maximum atomic E-state index is 11.7. The molecule has 4 rings (SSSR count). The Morgan fingerprint density at radius 1 is 1.03 bits per heavy atom. The van der Waals surface area contributed by atoms with Crippen LogP contribution in [0.3, 0.4) is 0 Å². The summed E-state index contributed by atoms with van der Waals surface area (Å²) in [5.41, 5.74) is 7.10. The molecule has 0 saturated carbocycles. The third-order valence-corrected chi connectivity index (χ3v) is 6.16. The van der Waals surface area contributed by atoms with E-state index >= 15 is 0 Å². The van der Waals surface area contributed by atoms with Crippen LogP contribution in [0.1, 0.15) is 17.0 Å². The van der Waals surface area contributed by atoms with Crippen LogP contribution in [-0.4, -0.2) is 35.8 Å². The smallest absolute Gasteiger partial charge is 0.267 e. The van der Waals surface area contributed by atoms with Crippen molar-refractivity contribution in [2.45, 2.75) is 11.3 Å². The summed E-state index contributed by atoms with van der Waals surface area (Å²) in [7, 11) is -3.22. The lowest BCUT2D eigenvalue weighted by molar-refractivity contribution is -0.124. The quantitative estimate of drug-likeness (QED) is 0.237. The van der Waals surface area contributed by atoms with Crippen LogP contribution < -0.4 is 5.48 Å². The van der Waals surface area contributed by atoms with Gasteiger partial charge in [0.1, 0.15) is 5.82 Å². The number of aromatic nitrogens is 2. The number of hydroxylamine groups is 1. The first kappa shape index (κ1) is 21.5. The molecule has 0 bridgehead atoms. The van der Waals surface area contributed by atoms with Crippen molar-refractivity contribution in [1.82, 2.24) is 15.4 Å². The normalized spacial score (nSPS) is 11.8. The van der Waals surface area contributed by atoms with Crippen LogP contribution in [0.5, 0.6) is 0 Å². The number of amides is 1. The summed E-state index contributed by atoms with van der Waals surface area (Å²) < 4.78 is 23.3. The standard InChI is InChI=1S/C24H21N3O4S/c1-32(30,31)20-10-7-18(8-11-20)19-9-12-21-22(15-19)26-23(25-21)14-17-4-2-16(3-5-17)6-13-24(28)27-29/h2-13,15,29H,14H2,1H3,(H,25,26)(H,27,28). The minimum atomic E-state index is -3.22. The fourth-order valence-corrected chi connectivity index (χ4v) is 4.00. The molecule has 0 fully saturated rings. The Bertz CT molecular complexity index is 1400. The van der Waals surface area contributed by atoms with Gasteiger partial charge < -0.3 is 4.98 Å². The highest BCUT2D eigenvalue weighted by atomic mass is 32.2. The van der Waals surface area contributed by atoms with E-state index in [4.69, 9.17) is 5.21 Å². The molecule has 4 aromatic rings. The Balaban J connectivity index is 1.52. The number of carbonyl (C=O) groups excluding carboxylic acids is 1. The minimum Gasteiger partial charge on any atom is -0.342 e. The van der Waals surface area contributed by atoms with Gasteiger partial charge in [-0.2, -0.15) is 0 Å². The Morgan fingerprint density at radius 2 is 1.72 bits per heavy atom. The van der Waals surface area contributed by atoms with Gasteiger partial charge in [0, 0.05) is 18.8 Å². The molecule has 0 spiro atoms. The molecule has 7 nitrogen and oxygen atoms in total. The van der Waals surface area contributed by atoms with Crippen molar-refractivity contribution in [3.05, 3.63) is 89.8 Å². The molecule has 0 aliphatic carbocycles. The number of H-pyrrole nitrogens is 1. The lowest BCUT2D eigenvalue weighted by atomic mass is 10.1. The number of nitrogens with zero attached hydrogens (tertiary/aromatic N) is 1. The fraction of sp³-hybridized carbons (Fsp3) is 0.0833. The summed E-state index contributed by atoms with van der Waals surface area (Å²) in [6.07, 6.45) is 4.68. The summed E-state index contributed by atoms with van der Waals surface area (Å²) >= 11 is 0. The Labute approximate surface area is 185 Å². The maximum absolute atomic E-state index is 11.7. The second-order valence-electron chi connectivity index (χ2n) is 7.44. The number of imidazole rings is 1. The molecule has 1 heterocycles. The molecule has 1 aromatic heterocycles. The SMILES string of the molecule is CS(=O)(=O)c1ccc(-c2ccc3nc(Cc4ccc(C=CC(=O)NO)cc4)[nH]c3c2)cc1. The Kier molecular flexibility index (Phi) is 5.89. The number of benzene rings is 3. The first-order chi connectivity index (χ1) is 15.3. The molecular formula is C24H21N3O4S. The second-order valence-corrected chi connectivity index (χ2v) is 9.46. The number of hydrogen-bond donors (Lipinski definition) is 3. The van der Waals surface area contributed by atoms with E-state index in [-0.39, 0.29) is 0 Å². The Morgan fingerprint density at radius 3 is 2.38 bits per heavy atom. The van der Waals surface area contributed by atoms with Crippen molar-refractivity contribution < 1.29 is 18.4 Å².